The summed E-state index contributed by atoms with van der Waals surface area (Å²) in [6.45, 7) is 0. The fraction of sp³-hybridized carbons (Fsp3) is 0. The van der Waals surface area contributed by atoms with Crippen molar-refractivity contribution in [3.8, 4) is 0 Å². The number of aromatic nitrogens is 2. The van der Waals surface area contributed by atoms with Gasteiger partial charge in [0.05, 0.1) is 11.9 Å². The second-order valence-electron chi connectivity index (χ2n) is 2.27. The molecule has 0 fully saturated rings. The van der Waals surface area contributed by atoms with E-state index in [2.05, 4.69) is 4.98 Å². The Morgan fingerprint density at radius 2 is 2.25 bits per heavy atom. The first-order chi connectivity index (χ1) is 5.29. The van der Waals surface area contributed by atoms with E-state index in [0.717, 1.165) is 0 Å². The Balaban J connectivity index is 0.000000720. The molecule has 0 aliphatic carbocycles. The molecule has 3 nitrogen and oxygen atoms in total. The van der Waals surface area contributed by atoms with Gasteiger partial charge in [0.2, 0.25) is 0 Å². The maximum atomic E-state index is 12.8. The van der Waals surface area contributed by atoms with E-state index < -0.39 is 0 Å². The predicted octanol–water partition coefficient (Wildman–Crippen LogP) is 1.77. The minimum Gasteiger partial charge on any atom is -0.397 e. The molecule has 2 rings (SSSR count). The molecule has 64 valence electrons. The highest BCUT2D eigenvalue weighted by Gasteiger charge is 2.04. The number of pyridine rings is 1. The summed E-state index contributed by atoms with van der Waals surface area (Å²) >= 11 is 0. The van der Waals surface area contributed by atoms with E-state index in [1.165, 1.54) is 12.4 Å². The first-order valence-corrected chi connectivity index (χ1v) is 3.17. The van der Waals surface area contributed by atoms with Gasteiger partial charge in [0.25, 0.3) is 0 Å². The standard InChI is InChI=1S/C7H6FN3.ClH/c8-11-4-6(9)5-2-1-3-10-7(5)11;/h1-4H,9H2;1H. The van der Waals surface area contributed by atoms with Gasteiger partial charge in [-0.1, -0.05) is 4.48 Å². The van der Waals surface area contributed by atoms with Crippen LogP contribution in [0.5, 0.6) is 0 Å². The van der Waals surface area contributed by atoms with Crippen LogP contribution in [0.4, 0.5) is 10.2 Å². The van der Waals surface area contributed by atoms with Crippen molar-refractivity contribution < 1.29 is 4.48 Å². The highest BCUT2D eigenvalue weighted by atomic mass is 35.5. The largest absolute Gasteiger partial charge is 0.397 e. The molecule has 0 aliphatic heterocycles. The van der Waals surface area contributed by atoms with Gasteiger partial charge < -0.3 is 5.73 Å². The van der Waals surface area contributed by atoms with Crippen LogP contribution in [0.2, 0.25) is 0 Å². The molecule has 0 atom stereocenters. The van der Waals surface area contributed by atoms with Crippen molar-refractivity contribution in [3.05, 3.63) is 24.5 Å². The molecule has 0 aromatic carbocycles. The third kappa shape index (κ3) is 1.10. The third-order valence-corrected chi connectivity index (χ3v) is 1.55. The van der Waals surface area contributed by atoms with Crippen LogP contribution in [0.3, 0.4) is 0 Å². The van der Waals surface area contributed by atoms with E-state index in [9.17, 15) is 4.48 Å². The van der Waals surface area contributed by atoms with Crippen molar-refractivity contribution in [2.24, 2.45) is 0 Å². The van der Waals surface area contributed by atoms with Crippen LogP contribution in [0, 0.1) is 0 Å². The van der Waals surface area contributed by atoms with E-state index in [-0.39, 0.29) is 18.1 Å². The summed E-state index contributed by atoms with van der Waals surface area (Å²) in [7, 11) is 0. The van der Waals surface area contributed by atoms with Crippen molar-refractivity contribution in [2.45, 2.75) is 0 Å². The molecule has 12 heavy (non-hydrogen) atoms. The number of hydrogen-bond donors (Lipinski definition) is 1. The molecule has 0 saturated carbocycles. The summed E-state index contributed by atoms with van der Waals surface area (Å²) in [5.74, 6) is 0. The molecule has 0 aliphatic rings. The molecule has 2 heterocycles. The topological polar surface area (TPSA) is 43.8 Å². The Morgan fingerprint density at radius 3 is 2.92 bits per heavy atom. The lowest BCUT2D eigenvalue weighted by Crippen LogP contribution is -1.80. The molecule has 5 heteroatoms. The maximum absolute atomic E-state index is 12.8. The Hall–Kier alpha value is -1.29. The van der Waals surface area contributed by atoms with Crippen LogP contribution in [0.15, 0.2) is 24.5 Å². The van der Waals surface area contributed by atoms with Crippen LogP contribution < -0.4 is 5.73 Å². The van der Waals surface area contributed by atoms with Crippen LogP contribution in [0.1, 0.15) is 0 Å². The number of anilines is 1. The van der Waals surface area contributed by atoms with Gasteiger partial charge in [-0.05, 0) is 12.1 Å². The molecule has 0 saturated heterocycles. The molecule has 0 spiro atoms. The minimum absolute atomic E-state index is 0. The summed E-state index contributed by atoms with van der Waals surface area (Å²) in [5, 5.41) is 0.648. The van der Waals surface area contributed by atoms with Gasteiger partial charge in [-0.2, -0.15) is 4.79 Å². The second-order valence-corrected chi connectivity index (χ2v) is 2.27. The van der Waals surface area contributed by atoms with E-state index in [0.29, 0.717) is 15.9 Å². The average Bonchev–Trinajstić information content (AvgIpc) is 2.30. The third-order valence-electron chi connectivity index (χ3n) is 1.55. The van der Waals surface area contributed by atoms with Crippen LogP contribution >= 0.6 is 12.4 Å². The summed E-state index contributed by atoms with van der Waals surface area (Å²) in [4.78, 5) is 4.23. The summed E-state index contributed by atoms with van der Waals surface area (Å²) in [5.41, 5.74) is 6.16. The summed E-state index contributed by atoms with van der Waals surface area (Å²) in [6, 6.07) is 3.45. The number of rotatable bonds is 0. The first-order valence-electron chi connectivity index (χ1n) is 3.17. The highest BCUT2D eigenvalue weighted by Crippen LogP contribution is 2.20. The summed E-state index contributed by atoms with van der Waals surface area (Å²) < 4.78 is 12.8. The molecule has 2 N–H and O–H groups in total. The van der Waals surface area contributed by atoms with E-state index >= 15 is 0 Å². The van der Waals surface area contributed by atoms with Gasteiger partial charge in [-0.25, -0.2) is 4.98 Å². The van der Waals surface area contributed by atoms with Crippen LogP contribution in [-0.4, -0.2) is 9.77 Å². The van der Waals surface area contributed by atoms with E-state index in [4.69, 9.17) is 5.73 Å². The van der Waals surface area contributed by atoms with Gasteiger partial charge in [0.15, 0.2) is 5.65 Å². The number of fused-ring (bicyclic) bond motifs is 1. The Labute approximate surface area is 74.3 Å². The zero-order valence-electron chi connectivity index (χ0n) is 6.07. The van der Waals surface area contributed by atoms with Crippen molar-refractivity contribution in [1.82, 2.24) is 9.77 Å². The van der Waals surface area contributed by atoms with Crippen LogP contribution in [0.25, 0.3) is 11.0 Å². The lowest BCUT2D eigenvalue weighted by Gasteiger charge is -1.87. The van der Waals surface area contributed by atoms with Crippen molar-refractivity contribution in [2.75, 3.05) is 5.73 Å². The number of nitrogens with zero attached hydrogens (tertiary/aromatic N) is 2. The molecular formula is C7H7ClFN3. The molecule has 0 unspecified atom stereocenters. The number of halogens is 2. The fourth-order valence-corrected chi connectivity index (χ4v) is 1.05. The molecule has 2 aromatic rings. The molecular weight excluding hydrogens is 181 g/mol. The predicted molar refractivity (Wildman–Crippen MR) is 47.9 cm³/mol. The van der Waals surface area contributed by atoms with Crippen molar-refractivity contribution >= 4 is 29.1 Å². The highest BCUT2D eigenvalue weighted by molar-refractivity contribution is 5.88. The molecule has 0 radical (unpaired) electrons. The Bertz CT molecular complexity index is 362. The number of hydrogen-bond acceptors (Lipinski definition) is 2. The van der Waals surface area contributed by atoms with E-state index in [1.807, 2.05) is 0 Å². The lowest BCUT2D eigenvalue weighted by atomic mass is 10.3. The monoisotopic (exact) mass is 187 g/mol. The number of nitrogen functional groups attached to an aromatic ring is 1. The molecule has 2 aromatic heterocycles. The van der Waals surface area contributed by atoms with Gasteiger partial charge in [0, 0.05) is 11.6 Å². The second kappa shape index (κ2) is 2.98. The zero-order valence-corrected chi connectivity index (χ0v) is 6.88. The first kappa shape index (κ1) is 8.80. The lowest BCUT2D eigenvalue weighted by molar-refractivity contribution is 0.385. The van der Waals surface area contributed by atoms with E-state index in [1.54, 1.807) is 12.1 Å². The smallest absolute Gasteiger partial charge is 0.171 e. The van der Waals surface area contributed by atoms with Gasteiger partial charge in [-0.15, -0.1) is 12.4 Å². The Kier molecular flexibility index (Phi) is 2.19. The summed E-state index contributed by atoms with van der Waals surface area (Å²) in [6.07, 6.45) is 2.73. The Morgan fingerprint density at radius 1 is 1.50 bits per heavy atom. The SMILES string of the molecule is Cl.Nc1cn(F)c2ncccc12. The minimum atomic E-state index is 0. The quantitative estimate of drug-likeness (QED) is 0.683. The van der Waals surface area contributed by atoms with Gasteiger partial charge >= 0.3 is 0 Å². The van der Waals surface area contributed by atoms with Crippen molar-refractivity contribution in [3.63, 3.8) is 0 Å². The van der Waals surface area contributed by atoms with Crippen molar-refractivity contribution in [1.29, 1.82) is 0 Å². The number of nitrogens with two attached hydrogens (primary N) is 1. The van der Waals surface area contributed by atoms with Gasteiger partial charge in [-0.3, -0.25) is 0 Å². The normalized spacial score (nSPS) is 9.75. The molecule has 0 bridgehead atoms. The average molecular weight is 188 g/mol. The zero-order chi connectivity index (χ0) is 7.84. The maximum Gasteiger partial charge on any atom is 0.171 e. The molecule has 0 amide bonds. The fourth-order valence-electron chi connectivity index (χ4n) is 1.05. The van der Waals surface area contributed by atoms with Crippen LogP contribution in [-0.2, 0) is 0 Å². The van der Waals surface area contributed by atoms with Gasteiger partial charge in [0.1, 0.15) is 0 Å².